The molecule has 2 bridgehead atoms. The zero-order valence-electron chi connectivity index (χ0n) is 16.2. The van der Waals surface area contributed by atoms with E-state index in [1.807, 2.05) is 29.8 Å². The molecular formula is C24H25N3O. The fourth-order valence-corrected chi connectivity index (χ4v) is 5.06. The molecule has 2 aliphatic heterocycles. The van der Waals surface area contributed by atoms with Crippen molar-refractivity contribution in [2.45, 2.75) is 32.4 Å². The van der Waals surface area contributed by atoms with Crippen LogP contribution >= 0.6 is 0 Å². The Bertz CT molecular complexity index is 1110. The average Bonchev–Trinajstić information content (AvgIpc) is 2.70. The Balaban J connectivity index is 1.44. The summed E-state index contributed by atoms with van der Waals surface area (Å²) in [5.74, 6) is 0.958. The van der Waals surface area contributed by atoms with E-state index in [1.54, 1.807) is 6.07 Å². The molecule has 0 N–H and O–H groups in total. The first kappa shape index (κ1) is 17.4. The highest BCUT2D eigenvalue weighted by molar-refractivity contribution is 5.78. The number of likely N-dealkylation sites (tertiary alicyclic amines) is 1. The predicted molar refractivity (Wildman–Crippen MR) is 113 cm³/mol. The summed E-state index contributed by atoms with van der Waals surface area (Å²) in [6.45, 7) is 5.83. The lowest BCUT2D eigenvalue weighted by Crippen LogP contribution is -2.47. The maximum atomic E-state index is 12.5. The first-order valence-electron chi connectivity index (χ1n) is 10.1. The molecule has 3 aromatic rings. The zero-order chi connectivity index (χ0) is 19.1. The van der Waals surface area contributed by atoms with E-state index in [4.69, 9.17) is 0 Å². The number of hydrogen-bond acceptors (Lipinski definition) is 3. The van der Waals surface area contributed by atoms with Crippen LogP contribution in [-0.4, -0.2) is 27.5 Å². The topological polar surface area (TPSA) is 38.1 Å². The van der Waals surface area contributed by atoms with E-state index in [-0.39, 0.29) is 5.56 Å². The SMILES string of the molecule is C/C=C/c1ccc(=O)n2c1[C@@H]1C[C@@H](CN(Cc3cnc4ccccc4c3)C1)C2. The number of hydrogen-bond donors (Lipinski definition) is 0. The molecule has 2 aliphatic rings. The predicted octanol–water partition coefficient (Wildman–Crippen LogP) is 4.05. The largest absolute Gasteiger partial charge is 0.311 e. The summed E-state index contributed by atoms with van der Waals surface area (Å²) in [6.07, 6.45) is 7.39. The zero-order valence-corrected chi connectivity index (χ0v) is 16.2. The lowest BCUT2D eigenvalue weighted by Gasteiger charge is -2.43. The standard InChI is InChI=1S/C24H25N3O/c1-2-5-19-8-9-23(28)27-15-18-11-21(24(19)27)16-26(14-18)13-17-10-20-6-3-4-7-22(20)25-12-17/h2-10,12,18,21H,11,13-16H2,1H3/b5-2+/t18-,21+/m0/s1. The van der Waals surface area contributed by atoms with Crippen molar-refractivity contribution >= 4 is 17.0 Å². The fourth-order valence-electron chi connectivity index (χ4n) is 5.06. The van der Waals surface area contributed by atoms with Gasteiger partial charge in [0.05, 0.1) is 5.52 Å². The van der Waals surface area contributed by atoms with E-state index in [0.29, 0.717) is 11.8 Å². The van der Waals surface area contributed by atoms with Crippen molar-refractivity contribution in [3.8, 4) is 0 Å². The third-order valence-corrected chi connectivity index (χ3v) is 6.10. The Morgan fingerprint density at radius 1 is 1.14 bits per heavy atom. The Morgan fingerprint density at radius 3 is 2.93 bits per heavy atom. The van der Waals surface area contributed by atoms with Gasteiger partial charge in [-0.15, -0.1) is 0 Å². The number of fused-ring (bicyclic) bond motifs is 5. The molecule has 142 valence electrons. The van der Waals surface area contributed by atoms with E-state index < -0.39 is 0 Å². The normalized spacial score (nSPS) is 21.9. The van der Waals surface area contributed by atoms with Gasteiger partial charge in [-0.05, 0) is 48.6 Å². The number of para-hydroxylation sites is 1. The Hall–Kier alpha value is -2.72. The maximum absolute atomic E-state index is 12.5. The molecule has 0 spiro atoms. The number of allylic oxidation sites excluding steroid dienone is 1. The first-order chi connectivity index (χ1) is 13.7. The first-order valence-corrected chi connectivity index (χ1v) is 10.1. The molecule has 5 rings (SSSR count). The Labute approximate surface area is 165 Å². The molecule has 2 atom stereocenters. The van der Waals surface area contributed by atoms with Gasteiger partial charge in [-0.25, -0.2) is 0 Å². The average molecular weight is 371 g/mol. The molecule has 1 saturated heterocycles. The number of aromatic nitrogens is 2. The van der Waals surface area contributed by atoms with Crippen LogP contribution in [0.15, 0.2) is 59.5 Å². The van der Waals surface area contributed by atoms with Crippen molar-refractivity contribution in [2.24, 2.45) is 5.92 Å². The van der Waals surface area contributed by atoms with E-state index in [9.17, 15) is 4.79 Å². The summed E-state index contributed by atoms with van der Waals surface area (Å²) in [4.78, 5) is 19.6. The van der Waals surface area contributed by atoms with Crippen molar-refractivity contribution < 1.29 is 0 Å². The van der Waals surface area contributed by atoms with Crippen LogP contribution in [0.4, 0.5) is 0 Å². The van der Waals surface area contributed by atoms with E-state index in [0.717, 1.165) is 31.7 Å². The van der Waals surface area contributed by atoms with E-state index in [1.165, 1.54) is 28.6 Å². The number of piperidine rings is 1. The fraction of sp³-hybridized carbons (Fsp3) is 0.333. The molecule has 4 heterocycles. The molecule has 1 fully saturated rings. The Morgan fingerprint density at radius 2 is 2.04 bits per heavy atom. The van der Waals surface area contributed by atoms with Crippen LogP contribution in [0.3, 0.4) is 0 Å². The Kier molecular flexibility index (Phi) is 4.36. The van der Waals surface area contributed by atoms with Crippen molar-refractivity contribution in [1.82, 2.24) is 14.5 Å². The van der Waals surface area contributed by atoms with Gasteiger partial charge < -0.3 is 4.57 Å². The lowest BCUT2D eigenvalue weighted by atomic mass is 9.81. The van der Waals surface area contributed by atoms with Crippen molar-refractivity contribution in [1.29, 1.82) is 0 Å². The van der Waals surface area contributed by atoms with E-state index >= 15 is 0 Å². The summed E-state index contributed by atoms with van der Waals surface area (Å²) < 4.78 is 2.03. The second-order valence-corrected chi connectivity index (χ2v) is 8.15. The molecule has 1 aromatic carbocycles. The lowest BCUT2D eigenvalue weighted by molar-refractivity contribution is 0.114. The molecular weight excluding hydrogens is 346 g/mol. The highest BCUT2D eigenvalue weighted by Gasteiger charge is 2.35. The van der Waals surface area contributed by atoms with Gasteiger partial charge in [0.15, 0.2) is 0 Å². The van der Waals surface area contributed by atoms with Gasteiger partial charge in [-0.3, -0.25) is 14.7 Å². The second-order valence-electron chi connectivity index (χ2n) is 8.15. The minimum atomic E-state index is 0.144. The van der Waals surface area contributed by atoms with Crippen LogP contribution in [0.5, 0.6) is 0 Å². The number of benzene rings is 1. The molecule has 2 aromatic heterocycles. The molecule has 0 saturated carbocycles. The molecule has 0 unspecified atom stereocenters. The van der Waals surface area contributed by atoms with Crippen LogP contribution in [0, 0.1) is 5.92 Å². The third-order valence-electron chi connectivity index (χ3n) is 6.10. The smallest absolute Gasteiger partial charge is 0.250 e. The molecule has 4 heteroatoms. The van der Waals surface area contributed by atoms with Crippen molar-refractivity contribution in [3.05, 3.63) is 81.9 Å². The molecule has 4 nitrogen and oxygen atoms in total. The van der Waals surface area contributed by atoms with Crippen LogP contribution in [0.1, 0.15) is 36.1 Å². The van der Waals surface area contributed by atoms with Crippen LogP contribution in [-0.2, 0) is 13.1 Å². The van der Waals surface area contributed by atoms with E-state index in [2.05, 4.69) is 46.3 Å². The summed E-state index contributed by atoms with van der Waals surface area (Å²) >= 11 is 0. The number of pyridine rings is 2. The second kappa shape index (κ2) is 7.02. The number of nitrogens with zero attached hydrogens (tertiary/aromatic N) is 3. The molecule has 28 heavy (non-hydrogen) atoms. The van der Waals surface area contributed by atoms with Gasteiger partial charge in [0.25, 0.3) is 5.56 Å². The van der Waals surface area contributed by atoms with Crippen LogP contribution in [0.25, 0.3) is 17.0 Å². The summed E-state index contributed by atoms with van der Waals surface area (Å²) in [5, 5.41) is 1.20. The third kappa shape index (κ3) is 3.08. The monoisotopic (exact) mass is 371 g/mol. The molecule has 0 radical (unpaired) electrons. The summed E-state index contributed by atoms with van der Waals surface area (Å²) in [7, 11) is 0. The minimum absolute atomic E-state index is 0.144. The van der Waals surface area contributed by atoms with Gasteiger partial charge in [-0.2, -0.15) is 0 Å². The van der Waals surface area contributed by atoms with Crippen LogP contribution in [0.2, 0.25) is 0 Å². The van der Waals surface area contributed by atoms with Gasteiger partial charge in [-0.1, -0.05) is 30.4 Å². The highest BCUT2D eigenvalue weighted by atomic mass is 16.1. The van der Waals surface area contributed by atoms with Crippen LogP contribution < -0.4 is 5.56 Å². The molecule has 0 amide bonds. The summed E-state index contributed by atoms with van der Waals surface area (Å²) in [5.41, 5.74) is 4.87. The summed E-state index contributed by atoms with van der Waals surface area (Å²) in [6, 6.07) is 14.2. The molecule has 0 aliphatic carbocycles. The van der Waals surface area contributed by atoms with Crippen molar-refractivity contribution in [3.63, 3.8) is 0 Å². The van der Waals surface area contributed by atoms with Gasteiger partial charge in [0, 0.05) is 55.4 Å². The quantitative estimate of drug-likeness (QED) is 0.697. The van der Waals surface area contributed by atoms with Gasteiger partial charge >= 0.3 is 0 Å². The highest BCUT2D eigenvalue weighted by Crippen LogP contribution is 2.37. The van der Waals surface area contributed by atoms with Gasteiger partial charge in [0.1, 0.15) is 0 Å². The maximum Gasteiger partial charge on any atom is 0.250 e. The van der Waals surface area contributed by atoms with Gasteiger partial charge in [0.2, 0.25) is 0 Å². The number of rotatable bonds is 3. The van der Waals surface area contributed by atoms with Crippen molar-refractivity contribution in [2.75, 3.05) is 13.1 Å². The minimum Gasteiger partial charge on any atom is -0.311 e.